The van der Waals surface area contributed by atoms with E-state index in [0.29, 0.717) is 10.0 Å². The fourth-order valence-electron chi connectivity index (χ4n) is 1.52. The lowest BCUT2D eigenvalue weighted by Crippen LogP contribution is -2.33. The van der Waals surface area contributed by atoms with Gasteiger partial charge in [-0.2, -0.15) is 5.06 Å². The summed E-state index contributed by atoms with van der Waals surface area (Å²) in [5, 5.41) is 11.0. The zero-order chi connectivity index (χ0) is 14.7. The Labute approximate surface area is 125 Å². The second kappa shape index (κ2) is 6.05. The standard InChI is InChI=1S/C14H9Cl2NO3/c15-10-3-1-9(2-4-10)13(18)14(19)17(20)12-7-5-11(16)6-8-12/h1-8,20H. The molecule has 0 heterocycles. The number of halogens is 2. The van der Waals surface area contributed by atoms with Gasteiger partial charge in [-0.05, 0) is 48.5 Å². The maximum absolute atomic E-state index is 11.9. The third-order valence-electron chi connectivity index (χ3n) is 2.56. The summed E-state index contributed by atoms with van der Waals surface area (Å²) in [6.07, 6.45) is 0. The van der Waals surface area contributed by atoms with E-state index < -0.39 is 11.7 Å². The van der Waals surface area contributed by atoms with E-state index in [1.165, 1.54) is 48.5 Å². The molecule has 0 bridgehead atoms. The topological polar surface area (TPSA) is 57.6 Å². The molecule has 0 aromatic heterocycles. The highest BCUT2D eigenvalue weighted by Gasteiger charge is 2.23. The number of amides is 1. The third-order valence-corrected chi connectivity index (χ3v) is 3.07. The first-order chi connectivity index (χ1) is 9.49. The van der Waals surface area contributed by atoms with E-state index >= 15 is 0 Å². The van der Waals surface area contributed by atoms with Crippen molar-refractivity contribution in [1.29, 1.82) is 0 Å². The molecule has 2 rings (SSSR count). The molecule has 20 heavy (non-hydrogen) atoms. The van der Waals surface area contributed by atoms with Gasteiger partial charge in [-0.25, -0.2) is 0 Å². The molecule has 0 atom stereocenters. The van der Waals surface area contributed by atoms with Crippen molar-refractivity contribution in [2.75, 3.05) is 5.06 Å². The lowest BCUT2D eigenvalue weighted by molar-refractivity contribution is -0.119. The Balaban J connectivity index is 2.20. The molecule has 0 unspecified atom stereocenters. The molecule has 1 amide bonds. The monoisotopic (exact) mass is 309 g/mol. The number of hydroxylamine groups is 1. The fraction of sp³-hybridized carbons (Fsp3) is 0. The van der Waals surface area contributed by atoms with Crippen molar-refractivity contribution in [3.8, 4) is 0 Å². The normalized spacial score (nSPS) is 10.2. The molecule has 0 aliphatic rings. The molecule has 0 radical (unpaired) electrons. The van der Waals surface area contributed by atoms with Crippen molar-refractivity contribution in [2.24, 2.45) is 0 Å². The SMILES string of the molecule is O=C(C(=O)N(O)c1ccc(Cl)cc1)c1ccc(Cl)cc1. The molecule has 0 spiro atoms. The van der Waals surface area contributed by atoms with Crippen LogP contribution in [-0.2, 0) is 4.79 Å². The van der Waals surface area contributed by atoms with Crippen molar-refractivity contribution in [3.63, 3.8) is 0 Å². The Kier molecular flexibility index (Phi) is 4.39. The number of anilines is 1. The van der Waals surface area contributed by atoms with Gasteiger partial charge < -0.3 is 0 Å². The van der Waals surface area contributed by atoms with Crippen LogP contribution in [0.15, 0.2) is 48.5 Å². The number of ketones is 1. The number of hydrogen-bond donors (Lipinski definition) is 1. The maximum atomic E-state index is 11.9. The second-order valence-electron chi connectivity index (χ2n) is 3.93. The van der Waals surface area contributed by atoms with Gasteiger partial charge in [-0.15, -0.1) is 0 Å². The molecule has 0 aliphatic heterocycles. The molecule has 6 heteroatoms. The van der Waals surface area contributed by atoms with Crippen molar-refractivity contribution < 1.29 is 14.8 Å². The van der Waals surface area contributed by atoms with Gasteiger partial charge in [0, 0.05) is 15.6 Å². The first kappa shape index (κ1) is 14.5. The average molecular weight is 310 g/mol. The van der Waals surface area contributed by atoms with Crippen molar-refractivity contribution in [3.05, 3.63) is 64.1 Å². The summed E-state index contributed by atoms with van der Waals surface area (Å²) in [6, 6.07) is 11.7. The first-order valence-electron chi connectivity index (χ1n) is 5.58. The molecule has 0 saturated heterocycles. The lowest BCUT2D eigenvalue weighted by Gasteiger charge is -2.14. The zero-order valence-corrected chi connectivity index (χ0v) is 11.6. The Bertz CT molecular complexity index is 638. The first-order valence-corrected chi connectivity index (χ1v) is 6.33. The summed E-state index contributed by atoms with van der Waals surface area (Å²) in [4.78, 5) is 23.8. The highest BCUT2D eigenvalue weighted by molar-refractivity contribution is 6.46. The van der Waals surface area contributed by atoms with Crippen LogP contribution in [0.2, 0.25) is 10.0 Å². The quantitative estimate of drug-likeness (QED) is 0.408. The number of benzene rings is 2. The van der Waals surface area contributed by atoms with Crippen LogP contribution in [0.25, 0.3) is 0 Å². The molecule has 4 nitrogen and oxygen atoms in total. The van der Waals surface area contributed by atoms with Crippen LogP contribution < -0.4 is 5.06 Å². The predicted molar refractivity (Wildman–Crippen MR) is 76.5 cm³/mol. The fourth-order valence-corrected chi connectivity index (χ4v) is 1.77. The van der Waals surface area contributed by atoms with E-state index in [1.807, 2.05) is 0 Å². The van der Waals surface area contributed by atoms with Gasteiger partial charge >= 0.3 is 5.91 Å². The highest BCUT2D eigenvalue weighted by atomic mass is 35.5. The van der Waals surface area contributed by atoms with Crippen LogP contribution in [0.3, 0.4) is 0 Å². The van der Waals surface area contributed by atoms with Crippen LogP contribution in [0, 0.1) is 0 Å². The second-order valence-corrected chi connectivity index (χ2v) is 4.80. The van der Waals surface area contributed by atoms with Gasteiger partial charge in [0.2, 0.25) is 0 Å². The number of rotatable bonds is 3. The summed E-state index contributed by atoms with van der Waals surface area (Å²) >= 11 is 11.4. The minimum absolute atomic E-state index is 0.146. The number of hydrogen-bond acceptors (Lipinski definition) is 3. The molecule has 2 aromatic rings. The van der Waals surface area contributed by atoms with Gasteiger partial charge in [-0.3, -0.25) is 14.8 Å². The van der Waals surface area contributed by atoms with Crippen LogP contribution in [-0.4, -0.2) is 16.9 Å². The Morgan fingerprint density at radius 3 is 1.80 bits per heavy atom. The number of carbonyl (C=O) groups is 2. The van der Waals surface area contributed by atoms with Gasteiger partial charge in [0.25, 0.3) is 5.78 Å². The molecule has 0 fully saturated rings. The van der Waals surface area contributed by atoms with Crippen LogP contribution in [0.5, 0.6) is 0 Å². The summed E-state index contributed by atoms with van der Waals surface area (Å²) in [7, 11) is 0. The van der Waals surface area contributed by atoms with E-state index in [0.717, 1.165) is 0 Å². The maximum Gasteiger partial charge on any atom is 0.323 e. The summed E-state index contributed by atoms with van der Waals surface area (Å²) < 4.78 is 0. The number of Topliss-reactive ketones (excluding diaryl/α,β-unsaturated/α-hetero) is 1. The molecule has 102 valence electrons. The van der Waals surface area contributed by atoms with Crippen molar-refractivity contribution >= 4 is 40.6 Å². The van der Waals surface area contributed by atoms with Gasteiger partial charge in [0.05, 0.1) is 5.69 Å². The van der Waals surface area contributed by atoms with Crippen LogP contribution in [0.4, 0.5) is 5.69 Å². The summed E-state index contributed by atoms with van der Waals surface area (Å²) in [5.41, 5.74) is 0.300. The van der Waals surface area contributed by atoms with Crippen LogP contribution >= 0.6 is 23.2 Å². The molecule has 0 aliphatic carbocycles. The van der Waals surface area contributed by atoms with Crippen LogP contribution in [0.1, 0.15) is 10.4 Å². The Morgan fingerprint density at radius 2 is 1.30 bits per heavy atom. The van der Waals surface area contributed by atoms with Gasteiger partial charge in [0.1, 0.15) is 0 Å². The molecule has 1 N–H and O–H groups in total. The molecular weight excluding hydrogens is 301 g/mol. The Hall–Kier alpha value is -1.88. The van der Waals surface area contributed by atoms with Crippen molar-refractivity contribution in [2.45, 2.75) is 0 Å². The predicted octanol–water partition coefficient (Wildman–Crippen LogP) is 3.60. The Morgan fingerprint density at radius 1 is 0.850 bits per heavy atom. The van der Waals surface area contributed by atoms with E-state index in [4.69, 9.17) is 23.2 Å². The zero-order valence-electron chi connectivity index (χ0n) is 10.1. The van der Waals surface area contributed by atoms with E-state index in [-0.39, 0.29) is 16.3 Å². The average Bonchev–Trinajstić information content (AvgIpc) is 2.46. The minimum atomic E-state index is -1.06. The molecule has 0 saturated carbocycles. The smallest absolute Gasteiger partial charge is 0.283 e. The van der Waals surface area contributed by atoms with E-state index in [2.05, 4.69) is 0 Å². The third kappa shape index (κ3) is 3.17. The highest BCUT2D eigenvalue weighted by Crippen LogP contribution is 2.18. The molecule has 2 aromatic carbocycles. The minimum Gasteiger partial charge on any atom is -0.283 e. The largest absolute Gasteiger partial charge is 0.323 e. The van der Waals surface area contributed by atoms with Crippen molar-refractivity contribution in [1.82, 2.24) is 0 Å². The van der Waals surface area contributed by atoms with E-state index in [1.54, 1.807) is 0 Å². The summed E-state index contributed by atoms with van der Waals surface area (Å²) in [5.74, 6) is -1.89. The summed E-state index contributed by atoms with van der Waals surface area (Å²) in [6.45, 7) is 0. The number of nitrogens with zero attached hydrogens (tertiary/aromatic N) is 1. The van der Waals surface area contributed by atoms with E-state index in [9.17, 15) is 14.8 Å². The van der Waals surface area contributed by atoms with Gasteiger partial charge in [0.15, 0.2) is 0 Å². The number of carbonyl (C=O) groups excluding carboxylic acids is 2. The van der Waals surface area contributed by atoms with Gasteiger partial charge in [-0.1, -0.05) is 23.2 Å². The molecular formula is C14H9Cl2NO3. The lowest BCUT2D eigenvalue weighted by atomic mass is 10.1.